The number of pyridine rings is 1. The maximum absolute atomic E-state index is 12.5. The second-order valence-electron chi connectivity index (χ2n) is 4.50. The summed E-state index contributed by atoms with van der Waals surface area (Å²) in [7, 11) is 0. The molecule has 0 spiro atoms. The van der Waals surface area contributed by atoms with E-state index in [1.54, 1.807) is 11.1 Å². The van der Waals surface area contributed by atoms with Gasteiger partial charge in [-0.1, -0.05) is 29.3 Å². The van der Waals surface area contributed by atoms with Gasteiger partial charge < -0.3 is 10.6 Å². The third kappa shape index (κ3) is 3.65. The van der Waals surface area contributed by atoms with Crippen LogP contribution in [0.4, 0.5) is 5.69 Å². The third-order valence-electron chi connectivity index (χ3n) is 3.05. The van der Waals surface area contributed by atoms with Gasteiger partial charge in [0.1, 0.15) is 0 Å². The van der Waals surface area contributed by atoms with Crippen molar-refractivity contribution < 1.29 is 4.79 Å². The van der Waals surface area contributed by atoms with Gasteiger partial charge in [-0.25, -0.2) is 0 Å². The summed E-state index contributed by atoms with van der Waals surface area (Å²) in [6, 6.07) is 8.67. The molecule has 0 aliphatic heterocycles. The molecule has 0 aliphatic carbocycles. The van der Waals surface area contributed by atoms with Gasteiger partial charge in [-0.15, -0.1) is 0 Å². The topological polar surface area (TPSA) is 59.2 Å². The molecule has 110 valence electrons. The summed E-state index contributed by atoms with van der Waals surface area (Å²) in [5.41, 5.74) is 7.28. The molecule has 0 bridgehead atoms. The Labute approximate surface area is 133 Å². The molecular formula is C15H15Cl2N3O. The maximum Gasteiger partial charge on any atom is 0.254 e. The van der Waals surface area contributed by atoms with Gasteiger partial charge in [-0.2, -0.15) is 0 Å². The van der Waals surface area contributed by atoms with E-state index in [4.69, 9.17) is 28.9 Å². The number of halogens is 2. The molecule has 0 fully saturated rings. The van der Waals surface area contributed by atoms with E-state index in [0.717, 1.165) is 5.69 Å². The Morgan fingerprint density at radius 1 is 1.33 bits per heavy atom. The minimum absolute atomic E-state index is 0.159. The van der Waals surface area contributed by atoms with Gasteiger partial charge in [0.05, 0.1) is 28.0 Å². The van der Waals surface area contributed by atoms with Crippen molar-refractivity contribution >= 4 is 34.8 Å². The standard InChI is InChI=1S/C15H15Cl2N3O/c1-2-20(9-11-5-3-4-6-19-11)15(21)10-7-12(16)14(17)13(18)8-10/h3-8H,2,9,18H2,1H3. The van der Waals surface area contributed by atoms with Crippen molar-refractivity contribution in [1.82, 2.24) is 9.88 Å². The van der Waals surface area contributed by atoms with Crippen LogP contribution in [0, 0.1) is 0 Å². The smallest absolute Gasteiger partial charge is 0.254 e. The van der Waals surface area contributed by atoms with Gasteiger partial charge in [-0.05, 0) is 31.2 Å². The van der Waals surface area contributed by atoms with Gasteiger partial charge >= 0.3 is 0 Å². The molecule has 21 heavy (non-hydrogen) atoms. The van der Waals surface area contributed by atoms with Gasteiger partial charge in [0, 0.05) is 18.3 Å². The van der Waals surface area contributed by atoms with E-state index in [1.807, 2.05) is 25.1 Å². The molecule has 1 heterocycles. The molecule has 0 radical (unpaired) electrons. The summed E-state index contributed by atoms with van der Waals surface area (Å²) in [5, 5.41) is 0.537. The van der Waals surface area contributed by atoms with Crippen LogP contribution < -0.4 is 5.73 Å². The highest BCUT2D eigenvalue weighted by atomic mass is 35.5. The van der Waals surface area contributed by atoms with Gasteiger partial charge in [0.25, 0.3) is 5.91 Å². The Hall–Kier alpha value is -1.78. The van der Waals surface area contributed by atoms with Crippen LogP contribution in [0.15, 0.2) is 36.5 Å². The molecule has 1 aromatic carbocycles. The average Bonchev–Trinajstić information content (AvgIpc) is 2.50. The number of nitrogen functional groups attached to an aromatic ring is 1. The number of benzene rings is 1. The Balaban J connectivity index is 2.24. The zero-order valence-corrected chi connectivity index (χ0v) is 13.0. The highest BCUT2D eigenvalue weighted by molar-refractivity contribution is 6.43. The lowest BCUT2D eigenvalue weighted by atomic mass is 10.1. The van der Waals surface area contributed by atoms with Crippen LogP contribution in [0.25, 0.3) is 0 Å². The van der Waals surface area contributed by atoms with E-state index >= 15 is 0 Å². The van der Waals surface area contributed by atoms with Crippen molar-refractivity contribution in [3.63, 3.8) is 0 Å². The third-order valence-corrected chi connectivity index (χ3v) is 3.87. The Kier molecular flexibility index (Phi) is 5.04. The monoisotopic (exact) mass is 323 g/mol. The number of carbonyl (C=O) groups excluding carboxylic acids is 1. The fourth-order valence-electron chi connectivity index (χ4n) is 1.93. The molecule has 2 N–H and O–H groups in total. The lowest BCUT2D eigenvalue weighted by molar-refractivity contribution is 0.0750. The molecular weight excluding hydrogens is 309 g/mol. The molecule has 0 saturated heterocycles. The van der Waals surface area contributed by atoms with Crippen LogP contribution >= 0.6 is 23.2 Å². The highest BCUT2D eigenvalue weighted by Gasteiger charge is 2.17. The van der Waals surface area contributed by atoms with E-state index in [1.165, 1.54) is 12.1 Å². The first-order chi connectivity index (χ1) is 10.0. The number of hydrogen-bond acceptors (Lipinski definition) is 3. The summed E-state index contributed by atoms with van der Waals surface area (Å²) in [6.07, 6.45) is 1.70. The summed E-state index contributed by atoms with van der Waals surface area (Å²) in [5.74, 6) is -0.159. The maximum atomic E-state index is 12.5. The first-order valence-corrected chi connectivity index (χ1v) is 7.22. The number of hydrogen-bond donors (Lipinski definition) is 1. The molecule has 6 heteroatoms. The molecule has 2 aromatic rings. The average molecular weight is 324 g/mol. The molecule has 0 atom stereocenters. The number of carbonyl (C=O) groups is 1. The summed E-state index contributed by atoms with van der Waals surface area (Å²) < 4.78 is 0. The molecule has 0 aliphatic rings. The summed E-state index contributed by atoms with van der Waals surface area (Å²) >= 11 is 11.9. The lowest BCUT2D eigenvalue weighted by Gasteiger charge is -2.21. The van der Waals surface area contributed by atoms with Gasteiger partial charge in [0.15, 0.2) is 0 Å². The molecule has 2 rings (SSSR count). The predicted molar refractivity (Wildman–Crippen MR) is 85.5 cm³/mol. The second-order valence-corrected chi connectivity index (χ2v) is 5.29. The molecule has 4 nitrogen and oxygen atoms in total. The number of rotatable bonds is 4. The minimum Gasteiger partial charge on any atom is -0.397 e. The number of aromatic nitrogens is 1. The van der Waals surface area contributed by atoms with E-state index in [0.29, 0.717) is 24.3 Å². The largest absolute Gasteiger partial charge is 0.397 e. The van der Waals surface area contributed by atoms with Crippen LogP contribution in [-0.4, -0.2) is 22.3 Å². The van der Waals surface area contributed by atoms with Gasteiger partial charge in [0.2, 0.25) is 0 Å². The zero-order valence-electron chi connectivity index (χ0n) is 11.5. The van der Waals surface area contributed by atoms with Crippen LogP contribution in [0.5, 0.6) is 0 Å². The van der Waals surface area contributed by atoms with E-state index in [9.17, 15) is 4.79 Å². The molecule has 0 saturated carbocycles. The number of amides is 1. The van der Waals surface area contributed by atoms with Crippen molar-refractivity contribution in [2.75, 3.05) is 12.3 Å². The summed E-state index contributed by atoms with van der Waals surface area (Å²) in [4.78, 5) is 18.4. The van der Waals surface area contributed by atoms with Crippen LogP contribution in [-0.2, 0) is 6.54 Å². The fraction of sp³-hybridized carbons (Fsp3) is 0.200. The number of nitrogens with zero attached hydrogens (tertiary/aromatic N) is 2. The predicted octanol–water partition coefficient (Wildman–Crippen LogP) is 3.63. The summed E-state index contributed by atoms with van der Waals surface area (Å²) in [6.45, 7) is 2.88. The molecule has 1 amide bonds. The zero-order chi connectivity index (χ0) is 15.4. The highest BCUT2D eigenvalue weighted by Crippen LogP contribution is 2.30. The minimum atomic E-state index is -0.159. The number of anilines is 1. The number of nitrogens with two attached hydrogens (primary N) is 1. The SMILES string of the molecule is CCN(Cc1ccccn1)C(=O)c1cc(N)c(Cl)c(Cl)c1. The van der Waals surface area contributed by atoms with Crippen LogP contribution in [0.2, 0.25) is 10.0 Å². The van der Waals surface area contributed by atoms with Crippen LogP contribution in [0.1, 0.15) is 23.0 Å². The quantitative estimate of drug-likeness (QED) is 0.874. The van der Waals surface area contributed by atoms with Crippen LogP contribution in [0.3, 0.4) is 0 Å². The normalized spacial score (nSPS) is 10.4. The van der Waals surface area contributed by atoms with Gasteiger partial charge in [-0.3, -0.25) is 9.78 Å². The molecule has 0 unspecified atom stereocenters. The van der Waals surface area contributed by atoms with Crippen molar-refractivity contribution in [3.05, 3.63) is 57.8 Å². The van der Waals surface area contributed by atoms with Crippen molar-refractivity contribution in [3.8, 4) is 0 Å². The first kappa shape index (κ1) is 15.6. The van der Waals surface area contributed by atoms with Crippen molar-refractivity contribution in [2.45, 2.75) is 13.5 Å². The Morgan fingerprint density at radius 2 is 2.10 bits per heavy atom. The van der Waals surface area contributed by atoms with Crippen molar-refractivity contribution in [2.24, 2.45) is 0 Å². The first-order valence-electron chi connectivity index (χ1n) is 6.46. The second kappa shape index (κ2) is 6.78. The molecule has 1 aromatic heterocycles. The van der Waals surface area contributed by atoms with E-state index in [2.05, 4.69) is 4.98 Å². The Bertz CT molecular complexity index is 624. The fourth-order valence-corrected chi connectivity index (χ4v) is 2.27. The van der Waals surface area contributed by atoms with E-state index in [-0.39, 0.29) is 16.0 Å². The lowest BCUT2D eigenvalue weighted by Crippen LogP contribution is -2.30. The van der Waals surface area contributed by atoms with E-state index < -0.39 is 0 Å². The Morgan fingerprint density at radius 3 is 2.67 bits per heavy atom. The van der Waals surface area contributed by atoms with Crippen molar-refractivity contribution in [1.29, 1.82) is 0 Å².